The lowest BCUT2D eigenvalue weighted by molar-refractivity contribution is 0.0711. The van der Waals surface area contributed by atoms with Crippen LogP contribution >= 0.6 is 11.3 Å². The third-order valence-corrected chi connectivity index (χ3v) is 5.20. The fourth-order valence-electron chi connectivity index (χ4n) is 2.73. The first-order valence-electron chi connectivity index (χ1n) is 8.63. The van der Waals surface area contributed by atoms with Crippen LogP contribution in [-0.2, 0) is 17.9 Å². The molecule has 28 heavy (non-hydrogen) atoms. The number of nitrogens with one attached hydrogen (secondary N) is 1. The van der Waals surface area contributed by atoms with Gasteiger partial charge in [0.25, 0.3) is 5.91 Å². The van der Waals surface area contributed by atoms with Gasteiger partial charge in [-0.3, -0.25) is 10.0 Å². The van der Waals surface area contributed by atoms with Crippen LogP contribution in [-0.4, -0.2) is 29.2 Å². The minimum Gasteiger partial charge on any atom is -0.444 e. The summed E-state index contributed by atoms with van der Waals surface area (Å²) in [6.45, 7) is 0.485. The standard InChI is InChI=1S/C21H20N2O4S/c1-23(13-15-8-4-2-5-9-15)21(25)27-14-17-12-18(16-10-6-3-7-11-16)19(28-17)20(24)22-26/h2-12,26H,13-14H2,1H3,(H,22,24). The molecule has 6 nitrogen and oxygen atoms in total. The second kappa shape index (κ2) is 9.16. The SMILES string of the molecule is CN(Cc1ccccc1)C(=O)OCc1cc(-c2ccccc2)c(C(=O)NO)s1. The van der Waals surface area contributed by atoms with Crippen molar-refractivity contribution in [1.82, 2.24) is 10.4 Å². The summed E-state index contributed by atoms with van der Waals surface area (Å²) in [6, 6.07) is 20.8. The average molecular weight is 396 g/mol. The molecule has 0 atom stereocenters. The van der Waals surface area contributed by atoms with E-state index in [0.717, 1.165) is 11.1 Å². The highest BCUT2D eigenvalue weighted by molar-refractivity contribution is 7.14. The third-order valence-electron chi connectivity index (χ3n) is 4.09. The van der Waals surface area contributed by atoms with Gasteiger partial charge in [-0.2, -0.15) is 0 Å². The van der Waals surface area contributed by atoms with Gasteiger partial charge in [0, 0.05) is 24.0 Å². The van der Waals surface area contributed by atoms with Crippen LogP contribution in [0.1, 0.15) is 20.1 Å². The van der Waals surface area contributed by atoms with Gasteiger partial charge in [-0.05, 0) is 17.2 Å². The van der Waals surface area contributed by atoms with Crippen LogP contribution in [0.4, 0.5) is 4.79 Å². The van der Waals surface area contributed by atoms with Crippen molar-refractivity contribution in [2.45, 2.75) is 13.2 Å². The van der Waals surface area contributed by atoms with Crippen molar-refractivity contribution in [3.05, 3.63) is 82.0 Å². The summed E-state index contributed by atoms with van der Waals surface area (Å²) in [5, 5.41) is 9.01. The molecule has 144 valence electrons. The molecule has 1 heterocycles. The first-order chi connectivity index (χ1) is 13.6. The van der Waals surface area contributed by atoms with E-state index in [1.165, 1.54) is 16.2 Å². The lowest BCUT2D eigenvalue weighted by atomic mass is 10.1. The molecule has 2 amide bonds. The molecule has 0 bridgehead atoms. The molecule has 0 aliphatic rings. The minimum atomic E-state index is -0.595. The first kappa shape index (κ1) is 19.6. The Balaban J connectivity index is 1.69. The summed E-state index contributed by atoms with van der Waals surface area (Å²) in [5.74, 6) is -0.595. The molecule has 0 fully saturated rings. The van der Waals surface area contributed by atoms with E-state index in [2.05, 4.69) is 0 Å². The van der Waals surface area contributed by atoms with E-state index in [1.54, 1.807) is 18.6 Å². The Morgan fingerprint density at radius 2 is 1.71 bits per heavy atom. The van der Waals surface area contributed by atoms with E-state index in [9.17, 15) is 9.59 Å². The number of thiophene rings is 1. The van der Waals surface area contributed by atoms with Gasteiger partial charge in [0.05, 0.1) is 0 Å². The lowest BCUT2D eigenvalue weighted by Gasteiger charge is -2.16. The van der Waals surface area contributed by atoms with Crippen molar-refractivity contribution in [3.8, 4) is 11.1 Å². The Morgan fingerprint density at radius 1 is 1.07 bits per heavy atom. The Labute approximate surface area is 167 Å². The number of carbonyl (C=O) groups is 2. The van der Waals surface area contributed by atoms with E-state index in [0.29, 0.717) is 21.9 Å². The molecule has 0 aliphatic carbocycles. The largest absolute Gasteiger partial charge is 0.444 e. The van der Waals surface area contributed by atoms with Crippen LogP contribution in [0.15, 0.2) is 66.7 Å². The normalized spacial score (nSPS) is 10.4. The summed E-state index contributed by atoms with van der Waals surface area (Å²) < 4.78 is 5.38. The van der Waals surface area contributed by atoms with E-state index in [1.807, 2.05) is 60.7 Å². The number of ether oxygens (including phenoxy) is 1. The molecule has 0 saturated carbocycles. The van der Waals surface area contributed by atoms with E-state index < -0.39 is 12.0 Å². The van der Waals surface area contributed by atoms with E-state index >= 15 is 0 Å². The molecule has 2 aromatic carbocycles. The van der Waals surface area contributed by atoms with Gasteiger partial charge in [-0.1, -0.05) is 60.7 Å². The highest BCUT2D eigenvalue weighted by Gasteiger charge is 2.18. The van der Waals surface area contributed by atoms with Crippen LogP contribution in [0, 0.1) is 0 Å². The van der Waals surface area contributed by atoms with Crippen LogP contribution in [0.5, 0.6) is 0 Å². The average Bonchev–Trinajstić information content (AvgIpc) is 3.17. The summed E-state index contributed by atoms with van der Waals surface area (Å²) in [7, 11) is 1.67. The molecule has 2 N–H and O–H groups in total. The van der Waals surface area contributed by atoms with Gasteiger partial charge < -0.3 is 9.64 Å². The summed E-state index contributed by atoms with van der Waals surface area (Å²) in [4.78, 5) is 26.8. The molecule has 0 radical (unpaired) electrons. The molecule has 7 heteroatoms. The van der Waals surface area contributed by atoms with Crippen molar-refractivity contribution in [1.29, 1.82) is 0 Å². The Hall–Kier alpha value is -3.16. The smallest absolute Gasteiger partial charge is 0.410 e. The molecule has 3 rings (SSSR count). The van der Waals surface area contributed by atoms with Gasteiger partial charge in [0.1, 0.15) is 11.5 Å². The predicted octanol–water partition coefficient (Wildman–Crippen LogP) is 4.30. The number of benzene rings is 2. The van der Waals surface area contributed by atoms with Crippen LogP contribution in [0.25, 0.3) is 11.1 Å². The fourth-order valence-corrected chi connectivity index (χ4v) is 3.71. The Kier molecular flexibility index (Phi) is 6.41. The quantitative estimate of drug-likeness (QED) is 0.481. The van der Waals surface area contributed by atoms with Gasteiger partial charge in [0.15, 0.2) is 0 Å². The van der Waals surface area contributed by atoms with Crippen LogP contribution in [0.3, 0.4) is 0 Å². The molecule has 3 aromatic rings. The molecule has 1 aromatic heterocycles. The number of hydrogen-bond donors (Lipinski definition) is 2. The maximum atomic E-state index is 12.3. The van der Waals surface area contributed by atoms with E-state index in [4.69, 9.17) is 9.94 Å². The highest BCUT2D eigenvalue weighted by Crippen LogP contribution is 2.32. The fraction of sp³-hybridized carbons (Fsp3) is 0.143. The highest BCUT2D eigenvalue weighted by atomic mass is 32.1. The van der Waals surface area contributed by atoms with Crippen molar-refractivity contribution in [2.75, 3.05) is 7.05 Å². The number of nitrogens with zero attached hydrogens (tertiary/aromatic N) is 1. The Bertz CT molecular complexity index is 942. The topological polar surface area (TPSA) is 78.9 Å². The van der Waals surface area contributed by atoms with Crippen molar-refractivity contribution in [3.63, 3.8) is 0 Å². The molecular formula is C21H20N2O4S. The monoisotopic (exact) mass is 396 g/mol. The zero-order valence-electron chi connectivity index (χ0n) is 15.3. The van der Waals surface area contributed by atoms with Crippen molar-refractivity contribution >= 4 is 23.3 Å². The van der Waals surface area contributed by atoms with Crippen LogP contribution in [0.2, 0.25) is 0 Å². The van der Waals surface area contributed by atoms with Crippen molar-refractivity contribution in [2.24, 2.45) is 0 Å². The maximum absolute atomic E-state index is 12.3. The minimum absolute atomic E-state index is 0.0428. The number of rotatable bonds is 6. The lowest BCUT2D eigenvalue weighted by Crippen LogP contribution is -2.26. The van der Waals surface area contributed by atoms with Gasteiger partial charge in [-0.15, -0.1) is 11.3 Å². The molecule has 0 unspecified atom stereocenters. The summed E-state index contributed by atoms with van der Waals surface area (Å²) in [6.07, 6.45) is -0.452. The number of hydrogen-bond acceptors (Lipinski definition) is 5. The first-order valence-corrected chi connectivity index (χ1v) is 9.44. The summed E-state index contributed by atoms with van der Waals surface area (Å²) >= 11 is 1.18. The van der Waals surface area contributed by atoms with Crippen molar-refractivity contribution < 1.29 is 19.5 Å². The number of hydroxylamine groups is 1. The predicted molar refractivity (Wildman–Crippen MR) is 107 cm³/mol. The Morgan fingerprint density at radius 3 is 2.36 bits per heavy atom. The van der Waals surface area contributed by atoms with Gasteiger partial charge >= 0.3 is 6.09 Å². The molecule has 0 aliphatic heterocycles. The number of carbonyl (C=O) groups excluding carboxylic acids is 2. The molecular weight excluding hydrogens is 376 g/mol. The van der Waals surface area contributed by atoms with Crippen LogP contribution < -0.4 is 5.48 Å². The molecule has 0 saturated heterocycles. The third kappa shape index (κ3) is 4.76. The van der Waals surface area contributed by atoms with Gasteiger partial charge in [-0.25, -0.2) is 10.3 Å². The second-order valence-corrected chi connectivity index (χ2v) is 7.30. The summed E-state index contributed by atoms with van der Waals surface area (Å²) in [5.41, 5.74) is 4.20. The van der Waals surface area contributed by atoms with E-state index in [-0.39, 0.29) is 6.61 Å². The zero-order chi connectivity index (χ0) is 19.9. The second-order valence-electron chi connectivity index (χ2n) is 6.16. The number of amides is 2. The molecule has 0 spiro atoms. The maximum Gasteiger partial charge on any atom is 0.410 e. The zero-order valence-corrected chi connectivity index (χ0v) is 16.1. The van der Waals surface area contributed by atoms with Gasteiger partial charge in [0.2, 0.25) is 0 Å².